The van der Waals surface area contributed by atoms with Crippen molar-refractivity contribution in [3.63, 3.8) is 0 Å². The molecule has 5 heteroatoms. The SMILES string of the molecule is CCCCCCNC(=NC)NCCc1ccccn1.I. The fourth-order valence-corrected chi connectivity index (χ4v) is 1.83. The zero-order chi connectivity index (χ0) is 13.8. The molecule has 0 aliphatic heterocycles. The van der Waals surface area contributed by atoms with Crippen LogP contribution in [-0.4, -0.2) is 31.1 Å². The van der Waals surface area contributed by atoms with Crippen molar-refractivity contribution in [2.24, 2.45) is 4.99 Å². The van der Waals surface area contributed by atoms with Gasteiger partial charge in [-0.15, -0.1) is 24.0 Å². The molecule has 4 nitrogen and oxygen atoms in total. The second-order valence-electron chi connectivity index (χ2n) is 4.56. The molecule has 0 radical (unpaired) electrons. The summed E-state index contributed by atoms with van der Waals surface area (Å²) in [4.78, 5) is 8.51. The maximum atomic E-state index is 4.30. The third-order valence-electron chi connectivity index (χ3n) is 2.95. The molecule has 114 valence electrons. The highest BCUT2D eigenvalue weighted by atomic mass is 127. The number of nitrogens with zero attached hydrogens (tertiary/aromatic N) is 2. The summed E-state index contributed by atoms with van der Waals surface area (Å²) in [6.45, 7) is 4.07. The Morgan fingerprint density at radius 3 is 2.60 bits per heavy atom. The van der Waals surface area contributed by atoms with Gasteiger partial charge in [0.15, 0.2) is 5.96 Å². The number of hydrogen-bond donors (Lipinski definition) is 2. The molecule has 0 amide bonds. The molecule has 0 atom stereocenters. The molecule has 1 heterocycles. The summed E-state index contributed by atoms with van der Waals surface area (Å²) in [5.74, 6) is 0.882. The number of rotatable bonds is 8. The summed E-state index contributed by atoms with van der Waals surface area (Å²) in [6.07, 6.45) is 7.82. The van der Waals surface area contributed by atoms with Gasteiger partial charge in [-0.2, -0.15) is 0 Å². The van der Waals surface area contributed by atoms with Gasteiger partial charge in [-0.05, 0) is 18.6 Å². The van der Waals surface area contributed by atoms with E-state index in [0.717, 1.165) is 31.2 Å². The zero-order valence-electron chi connectivity index (χ0n) is 12.6. The van der Waals surface area contributed by atoms with E-state index in [1.54, 1.807) is 0 Å². The van der Waals surface area contributed by atoms with E-state index in [1.807, 2.05) is 31.4 Å². The topological polar surface area (TPSA) is 49.3 Å². The van der Waals surface area contributed by atoms with Gasteiger partial charge in [-0.25, -0.2) is 0 Å². The summed E-state index contributed by atoms with van der Waals surface area (Å²) in [7, 11) is 1.81. The molecule has 1 rings (SSSR count). The van der Waals surface area contributed by atoms with Gasteiger partial charge in [-0.3, -0.25) is 9.98 Å². The lowest BCUT2D eigenvalue weighted by Gasteiger charge is -2.11. The lowest BCUT2D eigenvalue weighted by Crippen LogP contribution is -2.38. The Balaban J connectivity index is 0.00000361. The van der Waals surface area contributed by atoms with Crippen LogP contribution >= 0.6 is 24.0 Å². The van der Waals surface area contributed by atoms with Crippen LogP contribution in [0, 0.1) is 0 Å². The number of guanidine groups is 1. The number of nitrogens with one attached hydrogen (secondary N) is 2. The van der Waals surface area contributed by atoms with Gasteiger partial charge in [0.05, 0.1) is 0 Å². The summed E-state index contributed by atoms with van der Waals surface area (Å²) in [5.41, 5.74) is 1.10. The number of unbranched alkanes of at least 4 members (excludes halogenated alkanes) is 3. The Morgan fingerprint density at radius 2 is 1.95 bits per heavy atom. The van der Waals surface area contributed by atoms with E-state index in [2.05, 4.69) is 27.5 Å². The molecule has 0 aromatic carbocycles. The highest BCUT2D eigenvalue weighted by molar-refractivity contribution is 14.0. The van der Waals surface area contributed by atoms with Crippen LogP contribution in [-0.2, 0) is 6.42 Å². The first-order valence-electron chi connectivity index (χ1n) is 7.21. The second-order valence-corrected chi connectivity index (χ2v) is 4.56. The second kappa shape index (κ2) is 13.1. The van der Waals surface area contributed by atoms with Crippen LogP contribution in [0.2, 0.25) is 0 Å². The van der Waals surface area contributed by atoms with Gasteiger partial charge < -0.3 is 10.6 Å². The Labute approximate surface area is 139 Å². The normalized spacial score (nSPS) is 10.8. The number of hydrogen-bond acceptors (Lipinski definition) is 2. The van der Waals surface area contributed by atoms with Gasteiger partial charge in [0.1, 0.15) is 0 Å². The summed E-state index contributed by atoms with van der Waals surface area (Å²) < 4.78 is 0. The minimum atomic E-state index is 0. The first-order chi connectivity index (χ1) is 9.36. The van der Waals surface area contributed by atoms with Crippen LogP contribution in [0.3, 0.4) is 0 Å². The number of halogens is 1. The molecule has 0 unspecified atom stereocenters. The first-order valence-corrected chi connectivity index (χ1v) is 7.21. The molecule has 0 saturated carbocycles. The number of aromatic nitrogens is 1. The minimum Gasteiger partial charge on any atom is -0.356 e. The molecular formula is C15H27IN4. The highest BCUT2D eigenvalue weighted by Gasteiger charge is 1.97. The van der Waals surface area contributed by atoms with Crippen LogP contribution in [0.5, 0.6) is 0 Å². The lowest BCUT2D eigenvalue weighted by atomic mass is 10.2. The maximum Gasteiger partial charge on any atom is 0.190 e. The fourth-order valence-electron chi connectivity index (χ4n) is 1.83. The summed E-state index contributed by atoms with van der Waals surface area (Å²) >= 11 is 0. The van der Waals surface area contributed by atoms with E-state index in [1.165, 1.54) is 25.7 Å². The number of aliphatic imine (C=N–C) groups is 1. The van der Waals surface area contributed by atoms with E-state index in [9.17, 15) is 0 Å². The Bertz CT molecular complexity index is 354. The molecule has 0 aliphatic carbocycles. The van der Waals surface area contributed by atoms with Crippen molar-refractivity contribution in [2.75, 3.05) is 20.1 Å². The molecule has 0 aliphatic rings. The van der Waals surface area contributed by atoms with Crippen LogP contribution in [0.1, 0.15) is 38.3 Å². The van der Waals surface area contributed by atoms with Gasteiger partial charge in [0.25, 0.3) is 0 Å². The van der Waals surface area contributed by atoms with Gasteiger partial charge in [0, 0.05) is 38.4 Å². The molecule has 1 aromatic rings. The van der Waals surface area contributed by atoms with Gasteiger partial charge in [0.2, 0.25) is 0 Å². The van der Waals surface area contributed by atoms with Crippen molar-refractivity contribution in [3.8, 4) is 0 Å². The summed E-state index contributed by atoms with van der Waals surface area (Å²) in [6, 6.07) is 6.00. The van der Waals surface area contributed by atoms with Crippen LogP contribution in [0.25, 0.3) is 0 Å². The molecule has 0 saturated heterocycles. The Morgan fingerprint density at radius 1 is 1.15 bits per heavy atom. The molecular weight excluding hydrogens is 363 g/mol. The zero-order valence-corrected chi connectivity index (χ0v) is 14.9. The molecule has 2 N–H and O–H groups in total. The monoisotopic (exact) mass is 390 g/mol. The van der Waals surface area contributed by atoms with Crippen molar-refractivity contribution in [1.29, 1.82) is 0 Å². The smallest absolute Gasteiger partial charge is 0.190 e. The standard InChI is InChI=1S/C15H26N4.HI/c1-3-4-5-7-12-18-15(16-2)19-13-10-14-9-6-8-11-17-14;/h6,8-9,11H,3-5,7,10,12-13H2,1-2H3,(H2,16,18,19);1H. The number of pyridine rings is 1. The van der Waals surface area contributed by atoms with Crippen molar-refractivity contribution >= 4 is 29.9 Å². The highest BCUT2D eigenvalue weighted by Crippen LogP contribution is 1.97. The first kappa shape index (κ1) is 19.1. The van der Waals surface area contributed by atoms with Gasteiger partial charge >= 0.3 is 0 Å². The van der Waals surface area contributed by atoms with Crippen molar-refractivity contribution < 1.29 is 0 Å². The average Bonchev–Trinajstić information content (AvgIpc) is 2.46. The molecule has 0 spiro atoms. The molecule has 20 heavy (non-hydrogen) atoms. The van der Waals surface area contributed by atoms with Crippen LogP contribution in [0.4, 0.5) is 0 Å². The Kier molecular flexibility index (Phi) is 12.6. The van der Waals surface area contributed by atoms with E-state index < -0.39 is 0 Å². The quantitative estimate of drug-likeness (QED) is 0.311. The predicted molar refractivity (Wildman–Crippen MR) is 96.9 cm³/mol. The van der Waals surface area contributed by atoms with Crippen molar-refractivity contribution in [2.45, 2.75) is 39.0 Å². The maximum absolute atomic E-state index is 4.30. The van der Waals surface area contributed by atoms with Crippen LogP contribution < -0.4 is 10.6 Å². The Hall–Kier alpha value is -0.850. The minimum absolute atomic E-state index is 0. The van der Waals surface area contributed by atoms with E-state index in [0.29, 0.717) is 0 Å². The fraction of sp³-hybridized carbons (Fsp3) is 0.600. The van der Waals surface area contributed by atoms with Crippen molar-refractivity contribution in [1.82, 2.24) is 15.6 Å². The average molecular weight is 390 g/mol. The van der Waals surface area contributed by atoms with E-state index in [4.69, 9.17) is 0 Å². The largest absolute Gasteiger partial charge is 0.356 e. The van der Waals surface area contributed by atoms with Crippen molar-refractivity contribution in [3.05, 3.63) is 30.1 Å². The van der Waals surface area contributed by atoms with Gasteiger partial charge in [-0.1, -0.05) is 32.3 Å². The molecule has 0 fully saturated rings. The third kappa shape index (κ3) is 9.12. The van der Waals surface area contributed by atoms with Crippen LogP contribution in [0.15, 0.2) is 29.4 Å². The van der Waals surface area contributed by atoms with E-state index in [-0.39, 0.29) is 24.0 Å². The molecule has 0 bridgehead atoms. The van der Waals surface area contributed by atoms with E-state index >= 15 is 0 Å². The predicted octanol–water partition coefficient (Wildman–Crippen LogP) is 2.99. The lowest BCUT2D eigenvalue weighted by molar-refractivity contribution is 0.646. The molecule has 1 aromatic heterocycles. The summed E-state index contributed by atoms with van der Waals surface area (Å²) in [5, 5.41) is 6.64. The third-order valence-corrected chi connectivity index (χ3v) is 2.95.